The van der Waals surface area contributed by atoms with Crippen LogP contribution in [0.5, 0.6) is 0 Å². The molecule has 0 spiro atoms. The van der Waals surface area contributed by atoms with Crippen molar-refractivity contribution in [2.24, 2.45) is 11.3 Å². The van der Waals surface area contributed by atoms with E-state index in [9.17, 15) is 32.9 Å². The van der Waals surface area contributed by atoms with Crippen molar-refractivity contribution in [1.29, 1.82) is 0 Å². The van der Waals surface area contributed by atoms with Gasteiger partial charge in [-0.1, -0.05) is 103 Å². The second kappa shape index (κ2) is 15.7. The second-order valence-electron chi connectivity index (χ2n) is 13.7. The number of nitro benzene ring substituents is 1. The lowest BCUT2D eigenvalue weighted by Crippen LogP contribution is -2.61. The number of hydrogen-bond acceptors (Lipinski definition) is 8. The highest BCUT2D eigenvalue weighted by atomic mass is 32.2. The molecule has 0 heterocycles. The summed E-state index contributed by atoms with van der Waals surface area (Å²) in [5.41, 5.74) is -0.756. The minimum absolute atomic E-state index is 0.0330. The lowest BCUT2D eigenvalue weighted by atomic mass is 9.76. The fourth-order valence-corrected chi connectivity index (χ4v) is 6.60. The zero-order valence-electron chi connectivity index (χ0n) is 29.0. The number of hydrogen-bond donors (Lipinski definition) is 3. The summed E-state index contributed by atoms with van der Waals surface area (Å²) in [5, 5.41) is 17.4. The van der Waals surface area contributed by atoms with Crippen LogP contribution < -0.4 is 15.4 Å². The molecule has 0 bridgehead atoms. The van der Waals surface area contributed by atoms with Gasteiger partial charge in [-0.2, -0.15) is 0 Å². The molecular weight excluding hydrogens is 622 g/mol. The van der Waals surface area contributed by atoms with Gasteiger partial charge in [-0.25, -0.2) is 13.1 Å². The molecule has 258 valence electrons. The lowest BCUT2D eigenvalue weighted by Gasteiger charge is -2.40. The smallest absolute Gasteiger partial charge is 0.273 e. The van der Waals surface area contributed by atoms with Crippen LogP contribution in [0.2, 0.25) is 0 Å². The van der Waals surface area contributed by atoms with Crippen LogP contribution in [0.1, 0.15) is 66.5 Å². The van der Waals surface area contributed by atoms with E-state index in [1.165, 1.54) is 42.2 Å². The quantitative estimate of drug-likeness (QED) is 0.154. The molecule has 3 amide bonds. The second-order valence-corrected chi connectivity index (χ2v) is 15.4. The molecular formula is C34H49N5O7S. The number of nitro groups is 1. The Labute approximate surface area is 278 Å². The third kappa shape index (κ3) is 10.2. The molecule has 0 aliphatic carbocycles. The lowest BCUT2D eigenvalue weighted by molar-refractivity contribution is -0.385. The molecule has 0 aromatic heterocycles. The number of likely N-dealkylation sites (N-methyl/N-ethyl adjacent to an activating group) is 2. The molecule has 2 rings (SSSR count). The monoisotopic (exact) mass is 671 g/mol. The van der Waals surface area contributed by atoms with Crippen molar-refractivity contribution in [1.82, 2.24) is 20.3 Å². The Hall–Kier alpha value is -4.10. The summed E-state index contributed by atoms with van der Waals surface area (Å²) in [4.78, 5) is 53.0. The van der Waals surface area contributed by atoms with E-state index in [1.807, 2.05) is 83.5 Å². The molecule has 2 aromatic rings. The first-order valence-electron chi connectivity index (χ1n) is 15.4. The molecule has 0 fully saturated rings. The Kier molecular flexibility index (Phi) is 13.0. The zero-order valence-corrected chi connectivity index (χ0v) is 29.8. The van der Waals surface area contributed by atoms with Crippen LogP contribution in [0.25, 0.3) is 0 Å². The number of rotatable bonds is 14. The maximum atomic E-state index is 14.1. The standard InChI is InChI=1S/C34H49N5O7S/c1-22(2)27(20-23(3)30(40)37-47(45,46)21-24-16-14-15-19-26(24)39(43)44)38(10)32(42)29(33(4,5)6)36-31(41)28(35-9)34(7,8)25-17-12-11-13-18-25/h11-20,22,27-29,35H,21H2,1-10H3,(H,36,41)(H,37,40)/b23-20+/t27-,28-,29?/m1/s1. The van der Waals surface area contributed by atoms with Crippen LogP contribution >= 0.6 is 0 Å². The average Bonchev–Trinajstić information content (AvgIpc) is 2.97. The van der Waals surface area contributed by atoms with Gasteiger partial charge in [0.2, 0.25) is 21.8 Å². The molecule has 12 nitrogen and oxygen atoms in total. The summed E-state index contributed by atoms with van der Waals surface area (Å²) < 4.78 is 27.6. The number of para-hydroxylation sites is 1. The molecule has 13 heteroatoms. The fourth-order valence-electron chi connectivity index (χ4n) is 5.44. The van der Waals surface area contributed by atoms with Crippen molar-refractivity contribution in [3.05, 3.63) is 87.5 Å². The summed E-state index contributed by atoms with van der Waals surface area (Å²) in [7, 11) is -1.02. The Bertz CT molecular complexity index is 1580. The first-order chi connectivity index (χ1) is 21.6. The SMILES string of the molecule is CN[C@H](C(=O)NC(C(=O)N(C)[C@H](/C=C(\C)C(=O)NS(=O)(=O)Cc1ccccc1[N+](=O)[O-])C(C)C)C(C)(C)C)C(C)(C)c1ccccc1. The Balaban J connectivity index is 2.31. The molecule has 0 saturated carbocycles. The normalized spacial score (nSPS) is 14.6. The molecule has 2 aromatic carbocycles. The predicted molar refractivity (Wildman–Crippen MR) is 183 cm³/mol. The van der Waals surface area contributed by atoms with E-state index in [1.54, 1.807) is 14.1 Å². The summed E-state index contributed by atoms with van der Waals surface area (Å²) in [6, 6.07) is 12.8. The van der Waals surface area contributed by atoms with Gasteiger partial charge in [-0.3, -0.25) is 24.5 Å². The highest BCUT2D eigenvalue weighted by molar-refractivity contribution is 7.89. The van der Waals surface area contributed by atoms with Gasteiger partial charge in [0.05, 0.1) is 17.0 Å². The molecule has 0 saturated heterocycles. The van der Waals surface area contributed by atoms with Crippen molar-refractivity contribution in [3.8, 4) is 0 Å². The number of carbonyl (C=O) groups excluding carboxylic acids is 3. The molecule has 0 radical (unpaired) electrons. The number of benzene rings is 2. The van der Waals surface area contributed by atoms with E-state index in [2.05, 4.69) is 10.6 Å². The largest absolute Gasteiger partial charge is 0.342 e. The van der Waals surface area contributed by atoms with Crippen LogP contribution in [-0.4, -0.2) is 68.2 Å². The predicted octanol–water partition coefficient (Wildman–Crippen LogP) is 4.07. The molecule has 3 N–H and O–H groups in total. The van der Waals surface area contributed by atoms with Crippen molar-refractivity contribution < 1.29 is 27.7 Å². The van der Waals surface area contributed by atoms with Crippen molar-refractivity contribution in [2.75, 3.05) is 14.1 Å². The van der Waals surface area contributed by atoms with E-state index < -0.39 is 55.6 Å². The van der Waals surface area contributed by atoms with E-state index in [0.29, 0.717) is 0 Å². The van der Waals surface area contributed by atoms with Gasteiger partial charge in [0, 0.05) is 29.7 Å². The Morgan fingerprint density at radius 3 is 2.02 bits per heavy atom. The zero-order chi connectivity index (χ0) is 35.9. The minimum atomic E-state index is -4.30. The van der Waals surface area contributed by atoms with E-state index >= 15 is 0 Å². The first kappa shape index (κ1) is 39.1. The van der Waals surface area contributed by atoms with Crippen molar-refractivity contribution in [2.45, 2.75) is 84.7 Å². The summed E-state index contributed by atoms with van der Waals surface area (Å²) in [6.07, 6.45) is 1.51. The molecule has 0 aliphatic heterocycles. The maximum Gasteiger partial charge on any atom is 0.273 e. The number of sulfonamides is 1. The van der Waals surface area contributed by atoms with Gasteiger partial charge in [-0.15, -0.1) is 0 Å². The van der Waals surface area contributed by atoms with Gasteiger partial charge >= 0.3 is 0 Å². The Morgan fingerprint density at radius 2 is 1.51 bits per heavy atom. The van der Waals surface area contributed by atoms with Crippen molar-refractivity contribution in [3.63, 3.8) is 0 Å². The van der Waals surface area contributed by atoms with Crippen LogP contribution in [-0.2, 0) is 35.6 Å². The molecule has 1 unspecified atom stereocenters. The fraction of sp³-hybridized carbons (Fsp3) is 0.500. The Morgan fingerprint density at radius 1 is 0.957 bits per heavy atom. The topological polar surface area (TPSA) is 168 Å². The van der Waals surface area contributed by atoms with Gasteiger partial charge in [-0.05, 0) is 30.9 Å². The number of amides is 3. The molecule has 3 atom stereocenters. The van der Waals surface area contributed by atoms with E-state index in [-0.39, 0.29) is 34.6 Å². The van der Waals surface area contributed by atoms with Gasteiger partial charge in [0.1, 0.15) is 11.8 Å². The molecule has 47 heavy (non-hydrogen) atoms. The molecule has 0 aliphatic rings. The third-order valence-corrected chi connectivity index (χ3v) is 9.42. The first-order valence-corrected chi connectivity index (χ1v) is 17.0. The van der Waals surface area contributed by atoms with Crippen LogP contribution in [0.15, 0.2) is 66.2 Å². The summed E-state index contributed by atoms with van der Waals surface area (Å²) >= 11 is 0. The number of carbonyl (C=O) groups is 3. The van der Waals surface area contributed by atoms with E-state index in [4.69, 9.17) is 0 Å². The van der Waals surface area contributed by atoms with Crippen LogP contribution in [0.4, 0.5) is 5.69 Å². The highest BCUT2D eigenvalue weighted by Gasteiger charge is 2.41. The summed E-state index contributed by atoms with van der Waals surface area (Å²) in [5.74, 6) is -2.62. The number of nitrogens with one attached hydrogen (secondary N) is 3. The number of nitrogens with zero attached hydrogens (tertiary/aromatic N) is 2. The van der Waals surface area contributed by atoms with Crippen molar-refractivity contribution >= 4 is 33.4 Å². The van der Waals surface area contributed by atoms with Gasteiger partial charge < -0.3 is 15.5 Å². The third-order valence-electron chi connectivity index (χ3n) is 8.23. The van der Waals surface area contributed by atoms with Crippen LogP contribution in [0, 0.1) is 21.4 Å². The summed E-state index contributed by atoms with van der Waals surface area (Å²) in [6.45, 7) is 14.6. The average molecular weight is 672 g/mol. The van der Waals surface area contributed by atoms with Gasteiger partial charge in [0.25, 0.3) is 11.6 Å². The van der Waals surface area contributed by atoms with E-state index in [0.717, 1.165) is 5.56 Å². The highest BCUT2D eigenvalue weighted by Crippen LogP contribution is 2.29. The van der Waals surface area contributed by atoms with Gasteiger partial charge in [0.15, 0.2) is 0 Å². The maximum absolute atomic E-state index is 14.1. The minimum Gasteiger partial charge on any atom is -0.342 e. The van der Waals surface area contributed by atoms with Crippen LogP contribution in [0.3, 0.4) is 0 Å².